The first-order valence-corrected chi connectivity index (χ1v) is 12.1. The van der Waals surface area contributed by atoms with Gasteiger partial charge < -0.3 is 9.47 Å². The van der Waals surface area contributed by atoms with Gasteiger partial charge in [-0.25, -0.2) is 0 Å². The molecule has 6 rings (SSSR count). The Bertz CT molecular complexity index is 1100. The number of carbonyl (C=O) groups is 1. The van der Waals surface area contributed by atoms with Crippen LogP contribution >= 0.6 is 0 Å². The Labute approximate surface area is 195 Å². The van der Waals surface area contributed by atoms with Crippen molar-refractivity contribution in [3.63, 3.8) is 0 Å². The van der Waals surface area contributed by atoms with E-state index in [0.29, 0.717) is 24.5 Å². The van der Waals surface area contributed by atoms with Crippen LogP contribution in [0.1, 0.15) is 37.3 Å². The number of ketones is 1. The van der Waals surface area contributed by atoms with Gasteiger partial charge in [0.15, 0.2) is 5.78 Å². The zero-order valence-corrected chi connectivity index (χ0v) is 19.4. The van der Waals surface area contributed by atoms with Gasteiger partial charge in [0, 0.05) is 19.5 Å². The summed E-state index contributed by atoms with van der Waals surface area (Å²) < 4.78 is 12.0. The molecule has 172 valence electrons. The number of Topliss-reactive ketones (excluding diaryl/α,β-unsaturated/α-hetero) is 1. The van der Waals surface area contributed by atoms with E-state index in [4.69, 9.17) is 14.6 Å². The number of aryl methyl sites for hydroxylation is 1. The number of carbonyl (C=O) groups excluding carboxylic acids is 1. The van der Waals surface area contributed by atoms with Crippen LogP contribution in [0, 0.1) is 6.92 Å². The largest absolute Gasteiger partial charge is 0.489 e. The number of hydrazone groups is 1. The molecule has 6 heteroatoms. The van der Waals surface area contributed by atoms with Gasteiger partial charge >= 0.3 is 0 Å². The van der Waals surface area contributed by atoms with Gasteiger partial charge in [-0.15, -0.1) is 0 Å². The standard InChI is InChI=1S/C27H31N3O3/c1-18-9-10-24-23(13-18)30-25(17-33-24)27(26(28-30)19(2)31,20-7-4-3-5-8-20)11-6-12-29-15-22-14-21(29)16-32-22/h3-5,7-10,13,21-22,25H,6,11-12,14-17H2,1-2H3. The lowest BCUT2D eigenvalue weighted by Gasteiger charge is -2.42. The van der Waals surface area contributed by atoms with Gasteiger partial charge in [0.25, 0.3) is 0 Å². The number of nitrogens with zero attached hydrogens (tertiary/aromatic N) is 3. The molecule has 0 aliphatic carbocycles. The summed E-state index contributed by atoms with van der Waals surface area (Å²) in [5.41, 5.74) is 3.42. The van der Waals surface area contributed by atoms with Crippen LogP contribution < -0.4 is 9.75 Å². The average Bonchev–Trinajstić information content (AvgIpc) is 3.53. The molecule has 33 heavy (non-hydrogen) atoms. The van der Waals surface area contributed by atoms with Crippen molar-refractivity contribution < 1.29 is 14.3 Å². The van der Waals surface area contributed by atoms with Crippen molar-refractivity contribution in [3.8, 4) is 5.75 Å². The molecule has 2 bridgehead atoms. The molecule has 4 heterocycles. The summed E-state index contributed by atoms with van der Waals surface area (Å²) in [5, 5.41) is 7.07. The number of hydrogen-bond acceptors (Lipinski definition) is 6. The molecule has 0 N–H and O–H groups in total. The molecule has 4 aliphatic heterocycles. The van der Waals surface area contributed by atoms with Gasteiger partial charge in [-0.05, 0) is 56.0 Å². The molecule has 0 radical (unpaired) electrons. The number of rotatable bonds is 6. The second-order valence-corrected chi connectivity index (χ2v) is 9.93. The zero-order valence-electron chi connectivity index (χ0n) is 19.4. The maximum absolute atomic E-state index is 13.1. The van der Waals surface area contributed by atoms with Crippen molar-refractivity contribution in [2.45, 2.75) is 56.7 Å². The molecule has 2 aromatic carbocycles. The summed E-state index contributed by atoms with van der Waals surface area (Å²) in [5.74, 6) is 0.872. The number of fused-ring (bicyclic) bond motifs is 5. The summed E-state index contributed by atoms with van der Waals surface area (Å²) in [4.78, 5) is 15.6. The van der Waals surface area contributed by atoms with E-state index >= 15 is 0 Å². The fourth-order valence-electron chi connectivity index (χ4n) is 6.36. The predicted octanol–water partition coefficient (Wildman–Crippen LogP) is 3.71. The van der Waals surface area contributed by atoms with Crippen molar-refractivity contribution in [1.29, 1.82) is 0 Å². The molecule has 0 aromatic heterocycles. The topological polar surface area (TPSA) is 54.4 Å². The fourth-order valence-corrected chi connectivity index (χ4v) is 6.36. The van der Waals surface area contributed by atoms with Crippen molar-refractivity contribution in [3.05, 3.63) is 59.7 Å². The minimum Gasteiger partial charge on any atom is -0.489 e. The number of ether oxygens (including phenoxy) is 2. The van der Waals surface area contributed by atoms with Crippen LogP contribution in [0.15, 0.2) is 53.6 Å². The quantitative estimate of drug-likeness (QED) is 0.679. The maximum Gasteiger partial charge on any atom is 0.176 e. The van der Waals surface area contributed by atoms with Gasteiger partial charge in [-0.2, -0.15) is 5.10 Å². The highest BCUT2D eigenvalue weighted by Gasteiger charge is 2.56. The van der Waals surface area contributed by atoms with Crippen molar-refractivity contribution in [2.24, 2.45) is 5.10 Å². The minimum atomic E-state index is -0.496. The average molecular weight is 446 g/mol. The monoisotopic (exact) mass is 445 g/mol. The van der Waals surface area contributed by atoms with E-state index in [0.717, 1.165) is 61.5 Å². The maximum atomic E-state index is 13.1. The SMILES string of the molecule is CC(=O)C1=NN2c3cc(C)ccc3OCC2C1(CCCN1CC2CC1CO2)c1ccccc1. The lowest BCUT2D eigenvalue weighted by Crippen LogP contribution is -2.54. The number of morpholine rings is 1. The van der Waals surface area contributed by atoms with Gasteiger partial charge in [-0.1, -0.05) is 36.4 Å². The van der Waals surface area contributed by atoms with Crippen LogP contribution in [-0.2, 0) is 14.9 Å². The Morgan fingerprint density at radius 1 is 1.18 bits per heavy atom. The second kappa shape index (κ2) is 7.96. The van der Waals surface area contributed by atoms with Crippen LogP contribution in [0.3, 0.4) is 0 Å². The smallest absolute Gasteiger partial charge is 0.176 e. The number of likely N-dealkylation sites (tertiary alicyclic amines) is 1. The lowest BCUT2D eigenvalue weighted by atomic mass is 9.67. The van der Waals surface area contributed by atoms with Gasteiger partial charge in [-0.3, -0.25) is 14.7 Å². The molecular formula is C27H31N3O3. The molecule has 4 aliphatic rings. The molecular weight excluding hydrogens is 414 g/mol. The van der Waals surface area contributed by atoms with Crippen LogP contribution in [0.2, 0.25) is 0 Å². The highest BCUT2D eigenvalue weighted by atomic mass is 16.5. The molecule has 0 saturated carbocycles. The Hall–Kier alpha value is -2.70. The summed E-state index contributed by atoms with van der Waals surface area (Å²) in [6, 6.07) is 17.2. The highest BCUT2D eigenvalue weighted by molar-refractivity contribution is 6.43. The molecule has 2 aromatic rings. The Morgan fingerprint density at radius 3 is 2.76 bits per heavy atom. The third kappa shape index (κ3) is 3.30. The highest BCUT2D eigenvalue weighted by Crippen LogP contribution is 2.48. The Morgan fingerprint density at radius 2 is 2.03 bits per heavy atom. The molecule has 0 amide bonds. The summed E-state index contributed by atoms with van der Waals surface area (Å²) in [7, 11) is 0. The third-order valence-electron chi connectivity index (χ3n) is 7.90. The van der Waals surface area contributed by atoms with Crippen LogP contribution in [-0.4, -0.2) is 60.9 Å². The van der Waals surface area contributed by atoms with E-state index in [1.165, 1.54) is 0 Å². The molecule has 4 atom stereocenters. The Kier molecular flexibility index (Phi) is 5.03. The predicted molar refractivity (Wildman–Crippen MR) is 128 cm³/mol. The van der Waals surface area contributed by atoms with Gasteiger partial charge in [0.05, 0.1) is 18.1 Å². The normalized spacial score (nSPS) is 30.1. The molecule has 0 spiro atoms. The van der Waals surface area contributed by atoms with E-state index in [9.17, 15) is 4.79 Å². The second-order valence-electron chi connectivity index (χ2n) is 9.93. The fraction of sp³-hybridized carbons (Fsp3) is 0.481. The Balaban J connectivity index is 1.37. The number of hydrogen-bond donors (Lipinski definition) is 0. The van der Waals surface area contributed by atoms with Crippen LogP contribution in [0.25, 0.3) is 0 Å². The molecule has 2 fully saturated rings. The van der Waals surface area contributed by atoms with Crippen LogP contribution in [0.4, 0.5) is 5.69 Å². The first kappa shape index (κ1) is 20.9. The number of anilines is 1. The van der Waals surface area contributed by atoms with Crippen molar-refractivity contribution in [2.75, 3.05) is 31.3 Å². The molecule has 4 unspecified atom stereocenters. The summed E-state index contributed by atoms with van der Waals surface area (Å²) >= 11 is 0. The molecule has 6 nitrogen and oxygen atoms in total. The third-order valence-corrected chi connectivity index (χ3v) is 7.90. The van der Waals surface area contributed by atoms with E-state index in [1.807, 2.05) is 12.1 Å². The van der Waals surface area contributed by atoms with Crippen molar-refractivity contribution >= 4 is 17.2 Å². The van der Waals surface area contributed by atoms with Gasteiger partial charge in [0.1, 0.15) is 29.8 Å². The molecule has 2 saturated heterocycles. The summed E-state index contributed by atoms with van der Waals surface area (Å²) in [6.07, 6.45) is 3.41. The van der Waals surface area contributed by atoms with Gasteiger partial charge in [0.2, 0.25) is 0 Å². The van der Waals surface area contributed by atoms with E-state index in [2.05, 4.69) is 53.2 Å². The minimum absolute atomic E-state index is 0.0380. The van der Waals surface area contributed by atoms with E-state index < -0.39 is 5.41 Å². The zero-order chi connectivity index (χ0) is 22.6. The number of benzene rings is 2. The first-order chi connectivity index (χ1) is 16.1. The van der Waals surface area contributed by atoms with E-state index in [-0.39, 0.29) is 11.8 Å². The first-order valence-electron chi connectivity index (χ1n) is 12.1. The van der Waals surface area contributed by atoms with Crippen molar-refractivity contribution in [1.82, 2.24) is 4.90 Å². The van der Waals surface area contributed by atoms with E-state index in [1.54, 1.807) is 6.92 Å². The van der Waals surface area contributed by atoms with Crippen LogP contribution in [0.5, 0.6) is 5.75 Å². The summed E-state index contributed by atoms with van der Waals surface area (Å²) in [6.45, 7) is 7.15. The lowest BCUT2D eigenvalue weighted by molar-refractivity contribution is -0.111.